The topological polar surface area (TPSA) is 38.3 Å². The second kappa shape index (κ2) is 8.24. The summed E-state index contributed by atoms with van der Waals surface area (Å²) in [7, 11) is 0. The van der Waals surface area contributed by atoms with Crippen molar-refractivity contribution < 1.29 is 9.53 Å². The third kappa shape index (κ3) is 5.50. The third-order valence-electron chi connectivity index (χ3n) is 2.00. The van der Waals surface area contributed by atoms with Gasteiger partial charge in [-0.25, -0.2) is 0 Å². The first kappa shape index (κ1) is 15.1. The molecule has 0 spiro atoms. The van der Waals surface area contributed by atoms with Crippen LogP contribution in [0.25, 0.3) is 0 Å². The van der Waals surface area contributed by atoms with Crippen molar-refractivity contribution in [3.63, 3.8) is 0 Å². The van der Waals surface area contributed by atoms with E-state index in [0.29, 0.717) is 18.7 Å². The molecule has 96 valence electrons. The van der Waals surface area contributed by atoms with Gasteiger partial charge in [0.1, 0.15) is 0 Å². The highest BCUT2D eigenvalue weighted by atomic mass is 79.9. The van der Waals surface area contributed by atoms with E-state index in [1.165, 1.54) is 11.3 Å². The van der Waals surface area contributed by atoms with Crippen LogP contribution in [0.5, 0.6) is 0 Å². The predicted molar refractivity (Wildman–Crippen MR) is 77.8 cm³/mol. The Kier molecular flexibility index (Phi) is 7.34. The molecule has 6 heteroatoms. The average molecular weight is 385 g/mol. The van der Waals surface area contributed by atoms with E-state index in [4.69, 9.17) is 4.74 Å². The zero-order valence-electron chi connectivity index (χ0n) is 9.59. The molecule has 0 bridgehead atoms. The summed E-state index contributed by atoms with van der Waals surface area (Å²) < 4.78 is 7.13. The van der Waals surface area contributed by atoms with Crippen molar-refractivity contribution in [1.82, 2.24) is 5.32 Å². The number of carbonyl (C=O) groups is 1. The number of hydrogen-bond acceptors (Lipinski definition) is 3. The first-order chi connectivity index (χ1) is 8.15. The molecule has 1 N–H and O–H groups in total. The van der Waals surface area contributed by atoms with Gasteiger partial charge < -0.3 is 10.1 Å². The SMILES string of the molecule is CCCOCCCNC(=O)c1cc(Br)sc1Br. The number of nitrogens with one attached hydrogen (secondary N) is 1. The van der Waals surface area contributed by atoms with E-state index < -0.39 is 0 Å². The van der Waals surface area contributed by atoms with E-state index >= 15 is 0 Å². The summed E-state index contributed by atoms with van der Waals surface area (Å²) in [5.74, 6) is -0.0469. The number of carbonyl (C=O) groups excluding carboxylic acids is 1. The number of ether oxygens (including phenoxy) is 1. The van der Waals surface area contributed by atoms with Crippen LogP contribution in [0.2, 0.25) is 0 Å². The molecule has 0 unspecified atom stereocenters. The van der Waals surface area contributed by atoms with E-state index in [1.54, 1.807) is 0 Å². The van der Waals surface area contributed by atoms with Crippen LogP contribution < -0.4 is 5.32 Å². The summed E-state index contributed by atoms with van der Waals surface area (Å²) in [5, 5.41) is 2.87. The van der Waals surface area contributed by atoms with Gasteiger partial charge in [0, 0.05) is 19.8 Å². The van der Waals surface area contributed by atoms with E-state index in [0.717, 1.165) is 27.0 Å². The van der Waals surface area contributed by atoms with Crippen molar-refractivity contribution in [3.8, 4) is 0 Å². The predicted octanol–water partition coefficient (Wildman–Crippen LogP) is 3.82. The molecule has 0 radical (unpaired) electrons. The monoisotopic (exact) mass is 383 g/mol. The molecule has 1 aromatic rings. The molecule has 1 amide bonds. The van der Waals surface area contributed by atoms with E-state index in [2.05, 4.69) is 44.1 Å². The van der Waals surface area contributed by atoms with Gasteiger partial charge in [0.05, 0.1) is 13.1 Å². The van der Waals surface area contributed by atoms with Gasteiger partial charge in [-0.3, -0.25) is 4.79 Å². The van der Waals surface area contributed by atoms with Gasteiger partial charge in [0.25, 0.3) is 5.91 Å². The largest absolute Gasteiger partial charge is 0.381 e. The molecule has 0 saturated heterocycles. The maximum absolute atomic E-state index is 11.8. The normalized spacial score (nSPS) is 10.5. The molecule has 1 aromatic heterocycles. The van der Waals surface area contributed by atoms with Crippen LogP contribution in [0.4, 0.5) is 0 Å². The van der Waals surface area contributed by atoms with Gasteiger partial charge in [0.2, 0.25) is 0 Å². The molecule has 0 saturated carbocycles. The van der Waals surface area contributed by atoms with Crippen LogP contribution >= 0.6 is 43.2 Å². The molecular formula is C11H15Br2NO2S. The fraction of sp³-hybridized carbons (Fsp3) is 0.545. The van der Waals surface area contributed by atoms with Crippen LogP contribution in [0, 0.1) is 0 Å². The molecule has 1 rings (SSSR count). The zero-order valence-corrected chi connectivity index (χ0v) is 13.6. The summed E-state index contributed by atoms with van der Waals surface area (Å²) in [4.78, 5) is 11.8. The Balaban J connectivity index is 2.23. The smallest absolute Gasteiger partial charge is 0.253 e. The van der Waals surface area contributed by atoms with Crippen LogP contribution in [-0.4, -0.2) is 25.7 Å². The van der Waals surface area contributed by atoms with Crippen molar-refractivity contribution in [2.24, 2.45) is 0 Å². The van der Waals surface area contributed by atoms with E-state index in [-0.39, 0.29) is 5.91 Å². The second-order valence-corrected chi connectivity index (χ2v) is 7.21. The molecule has 0 atom stereocenters. The molecule has 0 aliphatic carbocycles. The first-order valence-electron chi connectivity index (χ1n) is 5.46. The Morgan fingerprint density at radius 2 is 2.24 bits per heavy atom. The summed E-state index contributed by atoms with van der Waals surface area (Å²) in [6, 6.07) is 1.82. The number of rotatable bonds is 7. The number of hydrogen-bond donors (Lipinski definition) is 1. The lowest BCUT2D eigenvalue weighted by Gasteiger charge is -2.04. The Labute approximate surface area is 122 Å². The maximum Gasteiger partial charge on any atom is 0.253 e. The Morgan fingerprint density at radius 1 is 1.47 bits per heavy atom. The quantitative estimate of drug-likeness (QED) is 0.725. The number of halogens is 2. The van der Waals surface area contributed by atoms with Gasteiger partial charge in [-0.2, -0.15) is 0 Å². The van der Waals surface area contributed by atoms with Gasteiger partial charge in [0.15, 0.2) is 0 Å². The van der Waals surface area contributed by atoms with E-state index in [1.807, 2.05) is 6.07 Å². The molecule has 0 aromatic carbocycles. The fourth-order valence-electron chi connectivity index (χ4n) is 1.21. The standard InChI is InChI=1S/C11H15Br2NO2S/c1-2-5-16-6-3-4-14-11(15)8-7-9(12)17-10(8)13/h7H,2-6H2,1H3,(H,14,15). The Morgan fingerprint density at radius 3 is 2.82 bits per heavy atom. The summed E-state index contributed by atoms with van der Waals surface area (Å²) in [6.45, 7) is 4.20. The van der Waals surface area contributed by atoms with Crippen molar-refractivity contribution in [2.75, 3.05) is 19.8 Å². The molecule has 3 nitrogen and oxygen atoms in total. The highest BCUT2D eigenvalue weighted by Crippen LogP contribution is 2.31. The van der Waals surface area contributed by atoms with Gasteiger partial charge in [-0.1, -0.05) is 6.92 Å². The van der Waals surface area contributed by atoms with Crippen molar-refractivity contribution in [2.45, 2.75) is 19.8 Å². The van der Waals surface area contributed by atoms with Crippen LogP contribution in [0.15, 0.2) is 13.6 Å². The van der Waals surface area contributed by atoms with Gasteiger partial charge >= 0.3 is 0 Å². The van der Waals surface area contributed by atoms with Crippen molar-refractivity contribution >= 4 is 49.1 Å². The van der Waals surface area contributed by atoms with Gasteiger partial charge in [-0.05, 0) is 50.8 Å². The average Bonchev–Trinajstić information content (AvgIpc) is 2.62. The molecule has 0 fully saturated rings. The summed E-state index contributed by atoms with van der Waals surface area (Å²) >= 11 is 8.21. The second-order valence-electron chi connectivity index (χ2n) is 3.46. The summed E-state index contributed by atoms with van der Waals surface area (Å²) in [5.41, 5.74) is 0.677. The highest BCUT2D eigenvalue weighted by Gasteiger charge is 2.12. The third-order valence-corrected chi connectivity index (χ3v) is 4.34. The lowest BCUT2D eigenvalue weighted by molar-refractivity contribution is 0.0941. The minimum Gasteiger partial charge on any atom is -0.381 e. The van der Waals surface area contributed by atoms with E-state index in [9.17, 15) is 4.79 Å². The zero-order chi connectivity index (χ0) is 12.7. The Hall–Kier alpha value is 0.0900. The molecule has 1 heterocycles. The lowest BCUT2D eigenvalue weighted by Crippen LogP contribution is -2.25. The first-order valence-corrected chi connectivity index (χ1v) is 7.86. The van der Waals surface area contributed by atoms with Crippen LogP contribution in [-0.2, 0) is 4.74 Å². The van der Waals surface area contributed by atoms with Crippen LogP contribution in [0.3, 0.4) is 0 Å². The summed E-state index contributed by atoms with van der Waals surface area (Å²) in [6.07, 6.45) is 1.87. The highest BCUT2D eigenvalue weighted by molar-refractivity contribution is 9.12. The van der Waals surface area contributed by atoms with Crippen molar-refractivity contribution in [3.05, 3.63) is 19.2 Å². The Bertz CT molecular complexity index is 368. The number of amides is 1. The molecule has 0 aliphatic heterocycles. The molecular weight excluding hydrogens is 370 g/mol. The maximum atomic E-state index is 11.8. The number of thiophene rings is 1. The lowest BCUT2D eigenvalue weighted by atomic mass is 10.3. The van der Waals surface area contributed by atoms with Crippen molar-refractivity contribution in [1.29, 1.82) is 0 Å². The fourth-order valence-corrected chi connectivity index (χ4v) is 4.01. The molecule has 17 heavy (non-hydrogen) atoms. The molecule has 0 aliphatic rings. The van der Waals surface area contributed by atoms with Crippen LogP contribution in [0.1, 0.15) is 30.1 Å². The minimum absolute atomic E-state index is 0.0469. The minimum atomic E-state index is -0.0469. The van der Waals surface area contributed by atoms with Gasteiger partial charge in [-0.15, -0.1) is 11.3 Å².